The lowest BCUT2D eigenvalue weighted by molar-refractivity contribution is -0.125. The highest BCUT2D eigenvalue weighted by molar-refractivity contribution is 5.82. The number of fused-ring (bicyclic) bond motifs is 1. The number of hydrogen-bond acceptors (Lipinski definition) is 7. The quantitative estimate of drug-likeness (QED) is 0.424. The number of Topliss-reactive ketones (excluding diaryl/α,β-unsaturated/α-hetero) is 1. The molecular formula is C9H13N5O3. The second-order valence-electron chi connectivity index (χ2n) is 3.86. The van der Waals surface area contributed by atoms with Gasteiger partial charge < -0.3 is 21.5 Å². The van der Waals surface area contributed by atoms with Gasteiger partial charge in [0.1, 0.15) is 11.8 Å². The molecule has 0 amide bonds. The van der Waals surface area contributed by atoms with Crippen molar-refractivity contribution in [2.45, 2.75) is 19.1 Å². The standard InChI is InChI=1S/C9H13N5O3/c1-3(15)6(16)4-2-11-7-5(12-4)8(17)14-9(10)13-7/h4,6,12,16H,2H2,1H3,(H4,10,11,13,14,17)/t4?,6-/m0/s1. The number of nitrogens with two attached hydrogens (primary N) is 1. The number of aromatic nitrogens is 2. The average Bonchev–Trinajstić information content (AvgIpc) is 2.27. The Hall–Kier alpha value is -2.09. The summed E-state index contributed by atoms with van der Waals surface area (Å²) in [7, 11) is 0. The number of rotatable bonds is 2. The number of carbonyl (C=O) groups is 1. The third-order valence-electron chi connectivity index (χ3n) is 2.55. The number of ketones is 1. The molecule has 2 heterocycles. The van der Waals surface area contributed by atoms with Crippen molar-refractivity contribution in [1.29, 1.82) is 0 Å². The molecule has 1 aliphatic rings. The lowest BCUT2D eigenvalue weighted by atomic mass is 10.1. The van der Waals surface area contributed by atoms with Crippen LogP contribution in [0.5, 0.6) is 0 Å². The van der Waals surface area contributed by atoms with Crippen LogP contribution in [-0.4, -0.2) is 39.5 Å². The van der Waals surface area contributed by atoms with E-state index >= 15 is 0 Å². The molecule has 0 radical (unpaired) electrons. The molecule has 0 fully saturated rings. The zero-order chi connectivity index (χ0) is 12.6. The Balaban J connectivity index is 2.30. The molecule has 92 valence electrons. The zero-order valence-corrected chi connectivity index (χ0v) is 9.15. The molecular weight excluding hydrogens is 226 g/mol. The molecule has 2 rings (SSSR count). The Kier molecular flexibility index (Phi) is 2.72. The Morgan fingerprint density at radius 2 is 2.35 bits per heavy atom. The van der Waals surface area contributed by atoms with E-state index in [1.54, 1.807) is 0 Å². The van der Waals surface area contributed by atoms with Crippen molar-refractivity contribution < 1.29 is 9.90 Å². The first kappa shape index (κ1) is 11.4. The highest BCUT2D eigenvalue weighted by atomic mass is 16.3. The maximum Gasteiger partial charge on any atom is 0.277 e. The number of aromatic amines is 1. The lowest BCUT2D eigenvalue weighted by Gasteiger charge is -2.29. The molecule has 0 spiro atoms. The number of nitrogens with zero attached hydrogens (tertiary/aromatic N) is 1. The minimum absolute atomic E-state index is 0.00798. The number of nitrogen functional groups attached to an aromatic ring is 1. The average molecular weight is 239 g/mol. The number of anilines is 3. The number of H-pyrrole nitrogens is 1. The molecule has 1 aromatic rings. The van der Waals surface area contributed by atoms with E-state index in [1.807, 2.05) is 0 Å². The van der Waals surface area contributed by atoms with Crippen LogP contribution in [0.4, 0.5) is 17.5 Å². The first-order chi connectivity index (χ1) is 7.99. The maximum atomic E-state index is 11.6. The van der Waals surface area contributed by atoms with E-state index in [4.69, 9.17) is 5.73 Å². The van der Waals surface area contributed by atoms with Gasteiger partial charge in [-0.3, -0.25) is 14.6 Å². The smallest absolute Gasteiger partial charge is 0.277 e. The van der Waals surface area contributed by atoms with Crippen LogP contribution in [0.25, 0.3) is 0 Å². The summed E-state index contributed by atoms with van der Waals surface area (Å²) in [6, 6.07) is -0.563. The van der Waals surface area contributed by atoms with Gasteiger partial charge in [-0.2, -0.15) is 4.98 Å². The third kappa shape index (κ3) is 2.07. The zero-order valence-electron chi connectivity index (χ0n) is 9.15. The minimum Gasteiger partial charge on any atom is -0.383 e. The lowest BCUT2D eigenvalue weighted by Crippen LogP contribution is -2.47. The molecule has 1 unspecified atom stereocenters. The van der Waals surface area contributed by atoms with Crippen molar-refractivity contribution in [1.82, 2.24) is 9.97 Å². The van der Waals surface area contributed by atoms with E-state index < -0.39 is 17.7 Å². The summed E-state index contributed by atoms with van der Waals surface area (Å²) in [5.41, 5.74) is 5.12. The van der Waals surface area contributed by atoms with Gasteiger partial charge in [-0.05, 0) is 6.92 Å². The minimum atomic E-state index is -1.17. The second kappa shape index (κ2) is 4.06. The fourth-order valence-corrected chi connectivity index (χ4v) is 1.67. The molecule has 8 nitrogen and oxygen atoms in total. The molecule has 17 heavy (non-hydrogen) atoms. The highest BCUT2D eigenvalue weighted by Gasteiger charge is 2.29. The molecule has 0 aromatic carbocycles. The molecule has 0 saturated carbocycles. The second-order valence-corrected chi connectivity index (χ2v) is 3.86. The molecule has 6 N–H and O–H groups in total. The fraction of sp³-hybridized carbons (Fsp3) is 0.444. The van der Waals surface area contributed by atoms with E-state index in [1.165, 1.54) is 6.92 Å². The van der Waals surface area contributed by atoms with Crippen molar-refractivity contribution in [3.05, 3.63) is 10.4 Å². The number of nitrogens with one attached hydrogen (secondary N) is 3. The SMILES string of the molecule is CC(=O)[C@H](O)C1CNc2nc(N)[nH]c(=O)c2N1. The van der Waals surface area contributed by atoms with Gasteiger partial charge in [0.05, 0.1) is 6.04 Å². The van der Waals surface area contributed by atoms with Crippen molar-refractivity contribution >= 4 is 23.2 Å². The van der Waals surface area contributed by atoms with E-state index in [-0.39, 0.29) is 24.0 Å². The summed E-state index contributed by atoms with van der Waals surface area (Å²) in [6.07, 6.45) is -1.17. The van der Waals surface area contributed by atoms with Gasteiger partial charge in [0.25, 0.3) is 5.56 Å². The van der Waals surface area contributed by atoms with Crippen LogP contribution in [0.2, 0.25) is 0 Å². The Labute approximate surface area is 96.2 Å². The summed E-state index contributed by atoms with van der Waals surface area (Å²) < 4.78 is 0. The van der Waals surface area contributed by atoms with Crippen LogP contribution in [0.3, 0.4) is 0 Å². The largest absolute Gasteiger partial charge is 0.383 e. The summed E-state index contributed by atoms with van der Waals surface area (Å²) in [6.45, 7) is 1.57. The van der Waals surface area contributed by atoms with Gasteiger partial charge >= 0.3 is 0 Å². The topological polar surface area (TPSA) is 133 Å². The fourth-order valence-electron chi connectivity index (χ4n) is 1.67. The molecule has 8 heteroatoms. The molecule has 1 aliphatic heterocycles. The van der Waals surface area contributed by atoms with Crippen LogP contribution < -0.4 is 21.9 Å². The predicted molar refractivity (Wildman–Crippen MR) is 61.9 cm³/mol. The summed E-state index contributed by atoms with van der Waals surface area (Å²) >= 11 is 0. The van der Waals surface area contributed by atoms with Crippen molar-refractivity contribution in [2.75, 3.05) is 22.9 Å². The monoisotopic (exact) mass is 239 g/mol. The van der Waals surface area contributed by atoms with E-state index in [0.717, 1.165) is 0 Å². The van der Waals surface area contributed by atoms with Gasteiger partial charge in [0.15, 0.2) is 11.6 Å². The maximum absolute atomic E-state index is 11.6. The first-order valence-corrected chi connectivity index (χ1v) is 5.07. The number of aliphatic hydroxyl groups excluding tert-OH is 1. The molecule has 0 aliphatic carbocycles. The molecule has 2 atom stereocenters. The van der Waals surface area contributed by atoms with Crippen LogP contribution >= 0.6 is 0 Å². The Morgan fingerprint density at radius 3 is 3.00 bits per heavy atom. The highest BCUT2D eigenvalue weighted by Crippen LogP contribution is 2.20. The number of aliphatic hydroxyl groups is 1. The third-order valence-corrected chi connectivity index (χ3v) is 2.55. The Bertz CT molecular complexity index is 512. The van der Waals surface area contributed by atoms with E-state index in [0.29, 0.717) is 5.82 Å². The van der Waals surface area contributed by atoms with Gasteiger partial charge in [-0.1, -0.05) is 0 Å². The number of hydrogen-bond donors (Lipinski definition) is 5. The van der Waals surface area contributed by atoms with E-state index in [9.17, 15) is 14.7 Å². The van der Waals surface area contributed by atoms with E-state index in [2.05, 4.69) is 20.6 Å². The van der Waals surface area contributed by atoms with Crippen molar-refractivity contribution in [3.8, 4) is 0 Å². The summed E-state index contributed by atoms with van der Waals surface area (Å²) in [5, 5.41) is 15.2. The van der Waals surface area contributed by atoms with Gasteiger partial charge in [0, 0.05) is 6.54 Å². The van der Waals surface area contributed by atoms with Crippen LogP contribution in [-0.2, 0) is 4.79 Å². The predicted octanol–water partition coefficient (Wildman–Crippen LogP) is -1.49. The van der Waals surface area contributed by atoms with Gasteiger partial charge in [-0.25, -0.2) is 0 Å². The van der Waals surface area contributed by atoms with Crippen LogP contribution in [0, 0.1) is 0 Å². The molecule has 0 saturated heterocycles. The Morgan fingerprint density at radius 1 is 1.65 bits per heavy atom. The normalized spacial score (nSPS) is 19.8. The first-order valence-electron chi connectivity index (χ1n) is 5.07. The van der Waals surface area contributed by atoms with Gasteiger partial charge in [0.2, 0.25) is 5.95 Å². The van der Waals surface area contributed by atoms with Crippen molar-refractivity contribution in [2.24, 2.45) is 0 Å². The molecule has 0 bridgehead atoms. The van der Waals surface area contributed by atoms with Crippen LogP contribution in [0.15, 0.2) is 4.79 Å². The summed E-state index contributed by atoms with van der Waals surface area (Å²) in [4.78, 5) is 28.9. The number of carbonyl (C=O) groups excluding carboxylic acids is 1. The summed E-state index contributed by atoms with van der Waals surface area (Å²) in [5.74, 6) is -0.0422. The van der Waals surface area contributed by atoms with Crippen molar-refractivity contribution in [3.63, 3.8) is 0 Å². The molecule has 1 aromatic heterocycles. The van der Waals surface area contributed by atoms with Crippen LogP contribution in [0.1, 0.15) is 6.92 Å². The van der Waals surface area contributed by atoms with Gasteiger partial charge in [-0.15, -0.1) is 0 Å².